The Morgan fingerprint density at radius 2 is 2.13 bits per heavy atom. The predicted octanol–water partition coefficient (Wildman–Crippen LogP) is 0.798. The largest absolute Gasteiger partial charge is 0.351 e. The van der Waals surface area contributed by atoms with Crippen LogP contribution in [0, 0.1) is 0 Å². The molecule has 1 aliphatic rings. The molecule has 2 N–H and O–H groups in total. The van der Waals surface area contributed by atoms with Crippen LogP contribution in [0.2, 0.25) is 0 Å². The normalized spacial score (nSPS) is 13.8. The van der Waals surface area contributed by atoms with Gasteiger partial charge < -0.3 is 10.6 Å². The van der Waals surface area contributed by atoms with E-state index in [1.807, 2.05) is 30.3 Å². The van der Waals surface area contributed by atoms with Crippen LogP contribution < -0.4 is 10.6 Å². The van der Waals surface area contributed by atoms with Crippen LogP contribution in [0.1, 0.15) is 6.42 Å². The number of benzene rings is 1. The maximum Gasteiger partial charge on any atom is 0.243 e. The Kier molecular flexibility index (Phi) is 6.25. The van der Waals surface area contributed by atoms with Crippen molar-refractivity contribution in [1.29, 1.82) is 0 Å². The van der Waals surface area contributed by atoms with Gasteiger partial charge in [0.2, 0.25) is 11.7 Å². The highest BCUT2D eigenvalue weighted by molar-refractivity contribution is 5.85. The van der Waals surface area contributed by atoms with E-state index >= 15 is 0 Å². The highest BCUT2D eigenvalue weighted by Crippen LogP contribution is 2.11. The van der Waals surface area contributed by atoms with Gasteiger partial charge in [-0.15, -0.1) is 22.6 Å². The average Bonchev–Trinajstić information content (AvgIpc) is 3.03. The Bertz CT molecular complexity index is 670. The number of hydrogen-bond donors (Lipinski definition) is 2. The molecule has 0 spiro atoms. The lowest BCUT2D eigenvalue weighted by Crippen LogP contribution is -2.32. The summed E-state index contributed by atoms with van der Waals surface area (Å²) in [4.78, 5) is 13.2. The number of nitrogens with zero attached hydrogens (tertiary/aromatic N) is 4. The van der Waals surface area contributed by atoms with Crippen LogP contribution in [0.4, 0.5) is 0 Å². The van der Waals surface area contributed by atoms with Gasteiger partial charge in [0.1, 0.15) is 6.54 Å². The van der Waals surface area contributed by atoms with Crippen molar-refractivity contribution in [3.63, 3.8) is 0 Å². The molecule has 3 rings (SSSR count). The third-order valence-electron chi connectivity index (χ3n) is 3.44. The molecule has 0 fully saturated rings. The number of amides is 1. The van der Waals surface area contributed by atoms with Gasteiger partial charge in [0, 0.05) is 18.7 Å². The maximum absolute atomic E-state index is 11.9. The maximum atomic E-state index is 11.9. The second-order valence-corrected chi connectivity index (χ2v) is 5.10. The zero-order chi connectivity index (χ0) is 15.2. The van der Waals surface area contributed by atoms with Crippen LogP contribution in [-0.4, -0.2) is 45.7 Å². The van der Waals surface area contributed by atoms with Crippen molar-refractivity contribution in [2.75, 3.05) is 19.6 Å². The molecule has 0 bridgehead atoms. The van der Waals surface area contributed by atoms with Crippen LogP contribution in [0.25, 0.3) is 11.4 Å². The number of rotatable bonds is 5. The van der Waals surface area contributed by atoms with Crippen molar-refractivity contribution in [2.45, 2.75) is 13.0 Å². The van der Waals surface area contributed by atoms with Gasteiger partial charge in [-0.05, 0) is 18.2 Å². The first-order valence-corrected chi connectivity index (χ1v) is 7.30. The standard InChI is InChI=1S/C15H18N6O.ClH/c22-14(17-10-12-6-8-16-9-7-12)11-21-19-15(18-20-21)13-4-2-1-3-5-13;/h1-6,16H,7-11H2,(H,17,22);1H. The number of halogens is 1. The van der Waals surface area contributed by atoms with Gasteiger partial charge >= 0.3 is 0 Å². The van der Waals surface area contributed by atoms with Crippen LogP contribution in [0.3, 0.4) is 0 Å². The summed E-state index contributed by atoms with van der Waals surface area (Å²) in [5.74, 6) is 0.408. The summed E-state index contributed by atoms with van der Waals surface area (Å²) >= 11 is 0. The van der Waals surface area contributed by atoms with Crippen LogP contribution in [0.5, 0.6) is 0 Å². The van der Waals surface area contributed by atoms with Gasteiger partial charge in [0.25, 0.3) is 0 Å². The minimum Gasteiger partial charge on any atom is -0.351 e. The minimum absolute atomic E-state index is 0. The molecule has 8 heteroatoms. The molecule has 23 heavy (non-hydrogen) atoms. The fourth-order valence-corrected chi connectivity index (χ4v) is 2.24. The Labute approximate surface area is 140 Å². The molecule has 0 saturated heterocycles. The zero-order valence-corrected chi connectivity index (χ0v) is 13.4. The molecule has 1 aromatic carbocycles. The fourth-order valence-electron chi connectivity index (χ4n) is 2.24. The number of aromatic nitrogens is 4. The molecule has 0 saturated carbocycles. The lowest BCUT2D eigenvalue weighted by Gasteiger charge is -2.14. The third kappa shape index (κ3) is 4.87. The molecule has 1 aromatic heterocycles. The number of carbonyl (C=O) groups excluding carboxylic acids is 1. The number of hydrogen-bond acceptors (Lipinski definition) is 5. The monoisotopic (exact) mass is 334 g/mol. The van der Waals surface area contributed by atoms with Gasteiger partial charge in [-0.25, -0.2) is 0 Å². The van der Waals surface area contributed by atoms with Gasteiger partial charge in [-0.2, -0.15) is 4.80 Å². The van der Waals surface area contributed by atoms with Crippen molar-refractivity contribution in [3.8, 4) is 11.4 Å². The van der Waals surface area contributed by atoms with Crippen molar-refractivity contribution in [3.05, 3.63) is 42.0 Å². The fraction of sp³-hybridized carbons (Fsp3) is 0.333. The van der Waals surface area contributed by atoms with E-state index in [1.54, 1.807) is 0 Å². The SMILES string of the molecule is Cl.O=C(Cn1nnc(-c2ccccc2)n1)NCC1=CCNCC1. The molecule has 2 heterocycles. The Morgan fingerprint density at radius 3 is 2.87 bits per heavy atom. The van der Waals surface area contributed by atoms with E-state index in [-0.39, 0.29) is 24.9 Å². The first-order valence-electron chi connectivity index (χ1n) is 7.30. The van der Waals surface area contributed by atoms with E-state index in [4.69, 9.17) is 0 Å². The number of carbonyl (C=O) groups is 1. The first kappa shape index (κ1) is 17.1. The minimum atomic E-state index is -0.114. The predicted molar refractivity (Wildman–Crippen MR) is 89.1 cm³/mol. The molecule has 0 aliphatic carbocycles. The van der Waals surface area contributed by atoms with E-state index in [2.05, 4.69) is 32.1 Å². The summed E-state index contributed by atoms with van der Waals surface area (Å²) < 4.78 is 0. The molecule has 2 aromatic rings. The lowest BCUT2D eigenvalue weighted by molar-refractivity contribution is -0.121. The van der Waals surface area contributed by atoms with E-state index in [9.17, 15) is 4.79 Å². The molecular weight excluding hydrogens is 316 g/mol. The molecule has 122 valence electrons. The van der Waals surface area contributed by atoms with Gasteiger partial charge in [-0.1, -0.05) is 42.0 Å². The lowest BCUT2D eigenvalue weighted by atomic mass is 10.1. The molecule has 1 amide bonds. The van der Waals surface area contributed by atoms with E-state index < -0.39 is 0 Å². The third-order valence-corrected chi connectivity index (χ3v) is 3.44. The van der Waals surface area contributed by atoms with E-state index in [0.717, 1.165) is 25.1 Å². The molecule has 7 nitrogen and oxygen atoms in total. The summed E-state index contributed by atoms with van der Waals surface area (Å²) in [5.41, 5.74) is 2.14. The number of tetrazole rings is 1. The molecule has 0 radical (unpaired) electrons. The Balaban J connectivity index is 0.00000192. The Morgan fingerprint density at radius 1 is 1.30 bits per heavy atom. The van der Waals surface area contributed by atoms with Crippen molar-refractivity contribution in [2.24, 2.45) is 0 Å². The van der Waals surface area contributed by atoms with Crippen LogP contribution >= 0.6 is 12.4 Å². The Hall–Kier alpha value is -2.25. The smallest absolute Gasteiger partial charge is 0.243 e. The van der Waals surface area contributed by atoms with Crippen LogP contribution in [-0.2, 0) is 11.3 Å². The summed E-state index contributed by atoms with van der Waals surface area (Å²) in [6.45, 7) is 2.50. The van der Waals surface area contributed by atoms with Crippen molar-refractivity contribution in [1.82, 2.24) is 30.8 Å². The summed E-state index contributed by atoms with van der Waals surface area (Å²) in [7, 11) is 0. The molecule has 0 atom stereocenters. The first-order chi connectivity index (χ1) is 10.8. The van der Waals surface area contributed by atoms with Crippen molar-refractivity contribution < 1.29 is 4.79 Å². The molecule has 0 unspecified atom stereocenters. The van der Waals surface area contributed by atoms with Crippen LogP contribution in [0.15, 0.2) is 42.0 Å². The topological polar surface area (TPSA) is 84.7 Å². The highest BCUT2D eigenvalue weighted by Gasteiger charge is 2.10. The number of nitrogens with one attached hydrogen (secondary N) is 2. The highest BCUT2D eigenvalue weighted by atomic mass is 35.5. The average molecular weight is 335 g/mol. The van der Waals surface area contributed by atoms with Gasteiger partial charge in [0.05, 0.1) is 0 Å². The summed E-state index contributed by atoms with van der Waals surface area (Å²) in [6.07, 6.45) is 3.09. The summed E-state index contributed by atoms with van der Waals surface area (Å²) in [6, 6.07) is 9.57. The zero-order valence-electron chi connectivity index (χ0n) is 12.6. The van der Waals surface area contributed by atoms with E-state index in [1.165, 1.54) is 10.4 Å². The quantitative estimate of drug-likeness (QED) is 0.790. The van der Waals surface area contributed by atoms with Gasteiger partial charge in [0.15, 0.2) is 0 Å². The van der Waals surface area contributed by atoms with Crippen molar-refractivity contribution >= 4 is 18.3 Å². The second-order valence-electron chi connectivity index (χ2n) is 5.10. The summed E-state index contributed by atoms with van der Waals surface area (Å²) in [5, 5.41) is 18.2. The molecule has 1 aliphatic heterocycles. The molecular formula is C15H19ClN6O. The van der Waals surface area contributed by atoms with Gasteiger partial charge in [-0.3, -0.25) is 4.79 Å². The second kappa shape index (κ2) is 8.40. The van der Waals surface area contributed by atoms with E-state index in [0.29, 0.717) is 12.4 Å².